The molecular formula is C15H20O3. The van der Waals surface area contributed by atoms with Crippen LogP contribution in [0.1, 0.15) is 38.8 Å². The van der Waals surface area contributed by atoms with Crippen molar-refractivity contribution in [3.05, 3.63) is 35.9 Å². The lowest BCUT2D eigenvalue weighted by Crippen LogP contribution is -2.16. The maximum atomic E-state index is 11.2. The van der Waals surface area contributed by atoms with Gasteiger partial charge in [-0.3, -0.25) is 4.79 Å². The molecule has 1 N–H and O–H groups in total. The summed E-state index contributed by atoms with van der Waals surface area (Å²) in [5.74, 6) is 0.344. The third-order valence-electron chi connectivity index (χ3n) is 2.57. The SMILES string of the molecule is C=CCc1cc(O)cc(C(C)(C)C)c1OC(C)=O. The monoisotopic (exact) mass is 248 g/mol. The zero-order chi connectivity index (χ0) is 13.9. The second kappa shape index (κ2) is 5.25. The number of aromatic hydroxyl groups is 1. The average Bonchev–Trinajstić information content (AvgIpc) is 2.19. The fourth-order valence-electron chi connectivity index (χ4n) is 1.80. The predicted molar refractivity (Wildman–Crippen MR) is 72.0 cm³/mol. The Morgan fingerprint density at radius 3 is 2.50 bits per heavy atom. The minimum atomic E-state index is -0.364. The summed E-state index contributed by atoms with van der Waals surface area (Å²) in [4.78, 5) is 11.2. The molecule has 3 heteroatoms. The highest BCUT2D eigenvalue weighted by atomic mass is 16.5. The Labute approximate surface area is 108 Å². The molecule has 0 atom stereocenters. The first kappa shape index (κ1) is 14.3. The van der Waals surface area contributed by atoms with Gasteiger partial charge >= 0.3 is 5.97 Å². The fraction of sp³-hybridized carbons (Fsp3) is 0.400. The van der Waals surface area contributed by atoms with Crippen LogP contribution in [0.4, 0.5) is 0 Å². The van der Waals surface area contributed by atoms with Gasteiger partial charge in [-0.1, -0.05) is 26.8 Å². The van der Waals surface area contributed by atoms with E-state index >= 15 is 0 Å². The molecule has 0 aliphatic heterocycles. The maximum absolute atomic E-state index is 11.2. The molecule has 0 saturated heterocycles. The molecule has 98 valence electrons. The number of phenols is 1. The number of esters is 1. The molecule has 0 spiro atoms. The highest BCUT2D eigenvalue weighted by molar-refractivity contribution is 5.71. The lowest BCUT2D eigenvalue weighted by atomic mass is 9.84. The number of hydrogen-bond acceptors (Lipinski definition) is 3. The summed E-state index contributed by atoms with van der Waals surface area (Å²) in [5, 5.41) is 9.77. The van der Waals surface area contributed by atoms with E-state index in [0.29, 0.717) is 12.2 Å². The van der Waals surface area contributed by atoms with Crippen LogP contribution in [0, 0.1) is 0 Å². The second-order valence-corrected chi connectivity index (χ2v) is 5.32. The van der Waals surface area contributed by atoms with Gasteiger partial charge in [0.25, 0.3) is 0 Å². The Balaban J connectivity index is 3.46. The van der Waals surface area contributed by atoms with Crippen LogP contribution in [0.3, 0.4) is 0 Å². The molecule has 0 aliphatic rings. The zero-order valence-electron chi connectivity index (χ0n) is 11.4. The van der Waals surface area contributed by atoms with Gasteiger partial charge in [0.1, 0.15) is 11.5 Å². The van der Waals surface area contributed by atoms with E-state index in [-0.39, 0.29) is 17.1 Å². The highest BCUT2D eigenvalue weighted by Crippen LogP contribution is 2.37. The summed E-state index contributed by atoms with van der Waals surface area (Å²) in [6.45, 7) is 11.1. The molecule has 0 unspecified atom stereocenters. The number of ether oxygens (including phenoxy) is 1. The van der Waals surface area contributed by atoms with Gasteiger partial charge in [-0.2, -0.15) is 0 Å². The Kier molecular flexibility index (Phi) is 4.17. The van der Waals surface area contributed by atoms with Crippen LogP contribution in [0.2, 0.25) is 0 Å². The Hall–Kier alpha value is -1.77. The van der Waals surface area contributed by atoms with Crippen LogP contribution in [0.15, 0.2) is 24.8 Å². The number of rotatable bonds is 3. The van der Waals surface area contributed by atoms with Crippen molar-refractivity contribution in [3.63, 3.8) is 0 Å². The van der Waals surface area contributed by atoms with E-state index in [2.05, 4.69) is 6.58 Å². The minimum Gasteiger partial charge on any atom is -0.508 e. The molecule has 0 bridgehead atoms. The van der Waals surface area contributed by atoms with Crippen LogP contribution < -0.4 is 4.74 Å². The van der Waals surface area contributed by atoms with Crippen molar-refractivity contribution in [2.45, 2.75) is 39.5 Å². The van der Waals surface area contributed by atoms with Gasteiger partial charge in [0, 0.05) is 18.1 Å². The van der Waals surface area contributed by atoms with Crippen molar-refractivity contribution in [1.82, 2.24) is 0 Å². The topological polar surface area (TPSA) is 46.5 Å². The predicted octanol–water partition coefficient (Wildman–Crippen LogP) is 3.34. The summed E-state index contributed by atoms with van der Waals surface area (Å²) in [7, 11) is 0. The molecule has 0 radical (unpaired) electrons. The van der Waals surface area contributed by atoms with Crippen molar-refractivity contribution in [2.24, 2.45) is 0 Å². The number of carbonyl (C=O) groups is 1. The minimum absolute atomic E-state index is 0.174. The van der Waals surface area contributed by atoms with E-state index < -0.39 is 0 Å². The fourth-order valence-corrected chi connectivity index (χ4v) is 1.80. The summed E-state index contributed by atoms with van der Waals surface area (Å²) in [6.07, 6.45) is 2.26. The summed E-state index contributed by atoms with van der Waals surface area (Å²) in [6, 6.07) is 3.25. The standard InChI is InChI=1S/C15H20O3/c1-6-7-11-8-12(17)9-13(15(3,4)5)14(11)18-10(2)16/h6,8-9,17H,1,7H2,2-5H3. The smallest absolute Gasteiger partial charge is 0.308 e. The molecular weight excluding hydrogens is 228 g/mol. The van der Waals surface area contributed by atoms with Crippen molar-refractivity contribution in [2.75, 3.05) is 0 Å². The van der Waals surface area contributed by atoms with Gasteiger partial charge in [-0.05, 0) is 24.0 Å². The largest absolute Gasteiger partial charge is 0.508 e. The molecule has 18 heavy (non-hydrogen) atoms. The van der Waals surface area contributed by atoms with Crippen LogP contribution in [0.25, 0.3) is 0 Å². The van der Waals surface area contributed by atoms with E-state index in [1.807, 2.05) is 20.8 Å². The van der Waals surface area contributed by atoms with Crippen molar-refractivity contribution in [3.8, 4) is 11.5 Å². The number of hydrogen-bond donors (Lipinski definition) is 1. The van der Waals surface area contributed by atoms with Gasteiger partial charge in [-0.15, -0.1) is 6.58 Å². The van der Waals surface area contributed by atoms with Crippen LogP contribution >= 0.6 is 0 Å². The Bertz CT molecular complexity index is 467. The number of carbonyl (C=O) groups excluding carboxylic acids is 1. The van der Waals surface area contributed by atoms with E-state index in [0.717, 1.165) is 11.1 Å². The molecule has 0 aromatic heterocycles. The molecule has 1 aromatic rings. The molecule has 0 amide bonds. The van der Waals surface area contributed by atoms with Crippen molar-refractivity contribution in [1.29, 1.82) is 0 Å². The normalized spacial score (nSPS) is 11.1. The molecule has 1 aromatic carbocycles. The van der Waals surface area contributed by atoms with E-state index in [9.17, 15) is 9.90 Å². The third-order valence-corrected chi connectivity index (χ3v) is 2.57. The lowest BCUT2D eigenvalue weighted by Gasteiger charge is -2.24. The molecule has 0 heterocycles. The van der Waals surface area contributed by atoms with Gasteiger partial charge in [-0.25, -0.2) is 0 Å². The van der Waals surface area contributed by atoms with Crippen molar-refractivity contribution < 1.29 is 14.6 Å². The average molecular weight is 248 g/mol. The van der Waals surface area contributed by atoms with Crippen LogP contribution in [0.5, 0.6) is 11.5 Å². The summed E-state index contributed by atoms with van der Waals surface area (Å²) >= 11 is 0. The van der Waals surface area contributed by atoms with E-state index in [1.54, 1.807) is 18.2 Å². The summed E-state index contributed by atoms with van der Waals surface area (Å²) in [5.41, 5.74) is 1.36. The molecule has 0 fully saturated rings. The second-order valence-electron chi connectivity index (χ2n) is 5.32. The quantitative estimate of drug-likeness (QED) is 0.507. The van der Waals surface area contributed by atoms with E-state index in [1.165, 1.54) is 6.92 Å². The first-order chi connectivity index (χ1) is 8.25. The Morgan fingerprint density at radius 2 is 2.06 bits per heavy atom. The van der Waals surface area contributed by atoms with E-state index in [4.69, 9.17) is 4.74 Å². The molecule has 3 nitrogen and oxygen atoms in total. The molecule has 1 rings (SSSR count). The van der Waals surface area contributed by atoms with Gasteiger partial charge in [0.15, 0.2) is 0 Å². The number of phenolic OH excluding ortho intramolecular Hbond substituents is 1. The van der Waals surface area contributed by atoms with Crippen LogP contribution in [-0.4, -0.2) is 11.1 Å². The Morgan fingerprint density at radius 1 is 1.44 bits per heavy atom. The zero-order valence-corrected chi connectivity index (χ0v) is 11.4. The van der Waals surface area contributed by atoms with Gasteiger partial charge in [0.05, 0.1) is 0 Å². The van der Waals surface area contributed by atoms with Gasteiger partial charge < -0.3 is 9.84 Å². The highest BCUT2D eigenvalue weighted by Gasteiger charge is 2.23. The number of benzene rings is 1. The molecule has 0 aliphatic carbocycles. The number of allylic oxidation sites excluding steroid dienone is 1. The van der Waals surface area contributed by atoms with Crippen LogP contribution in [-0.2, 0) is 16.6 Å². The first-order valence-corrected chi connectivity index (χ1v) is 5.91. The first-order valence-electron chi connectivity index (χ1n) is 5.91. The van der Waals surface area contributed by atoms with Crippen molar-refractivity contribution >= 4 is 5.97 Å². The van der Waals surface area contributed by atoms with Gasteiger partial charge in [0.2, 0.25) is 0 Å². The summed E-state index contributed by atoms with van der Waals surface area (Å²) < 4.78 is 5.31. The molecule has 0 saturated carbocycles. The lowest BCUT2D eigenvalue weighted by molar-refractivity contribution is -0.132. The third kappa shape index (κ3) is 3.36. The maximum Gasteiger partial charge on any atom is 0.308 e.